The number of carboxylic acids is 1. The largest absolute Gasteiger partial charge is 0.481 e. The van der Waals surface area contributed by atoms with E-state index in [9.17, 15) is 9.59 Å². The maximum Gasteiger partial charge on any atom is 0.303 e. The molecule has 4 nitrogen and oxygen atoms in total. The van der Waals surface area contributed by atoms with Gasteiger partial charge in [-0.1, -0.05) is 20.8 Å². The van der Waals surface area contributed by atoms with Crippen molar-refractivity contribution in [3.8, 4) is 0 Å². The van der Waals surface area contributed by atoms with Crippen LogP contribution in [0.2, 0.25) is 0 Å². The fourth-order valence-corrected chi connectivity index (χ4v) is 2.15. The zero-order valence-electron chi connectivity index (χ0n) is 11.0. The van der Waals surface area contributed by atoms with E-state index in [0.717, 1.165) is 6.54 Å². The van der Waals surface area contributed by atoms with Gasteiger partial charge in [0.25, 0.3) is 0 Å². The summed E-state index contributed by atoms with van der Waals surface area (Å²) in [5.74, 6) is -0.363. The third-order valence-corrected chi connectivity index (χ3v) is 3.81. The van der Waals surface area contributed by atoms with E-state index in [0.29, 0.717) is 17.8 Å². The van der Waals surface area contributed by atoms with Crippen molar-refractivity contribution in [2.24, 2.45) is 17.3 Å². The highest BCUT2D eigenvalue weighted by Gasteiger charge is 2.45. The van der Waals surface area contributed by atoms with Crippen LogP contribution in [0.3, 0.4) is 0 Å². The van der Waals surface area contributed by atoms with Gasteiger partial charge in [0, 0.05) is 19.4 Å². The lowest BCUT2D eigenvalue weighted by Crippen LogP contribution is -2.33. The predicted octanol–water partition coefficient (Wildman–Crippen LogP) is 2.04. The second kappa shape index (κ2) is 5.52. The van der Waals surface area contributed by atoms with E-state index in [4.69, 9.17) is 5.11 Å². The van der Waals surface area contributed by atoms with Crippen molar-refractivity contribution < 1.29 is 14.7 Å². The number of hydrogen-bond acceptors (Lipinski definition) is 2. The molecule has 0 spiro atoms. The Morgan fingerprint density at radius 3 is 2.24 bits per heavy atom. The molecule has 0 heterocycles. The van der Waals surface area contributed by atoms with Crippen LogP contribution in [0.15, 0.2) is 0 Å². The van der Waals surface area contributed by atoms with Gasteiger partial charge in [-0.15, -0.1) is 0 Å². The van der Waals surface area contributed by atoms with Crippen molar-refractivity contribution in [1.82, 2.24) is 5.32 Å². The van der Waals surface area contributed by atoms with E-state index < -0.39 is 5.97 Å². The number of hydrogen-bond donors (Lipinski definition) is 2. The lowest BCUT2D eigenvalue weighted by molar-refractivity contribution is -0.138. The maximum atomic E-state index is 11.6. The Balaban J connectivity index is 2.24. The SMILES string of the molecule is CC(CC(=O)O)CC(=O)NCC1(C(C)C)CC1. The van der Waals surface area contributed by atoms with Crippen LogP contribution < -0.4 is 5.32 Å². The van der Waals surface area contributed by atoms with Crippen LogP contribution in [0.5, 0.6) is 0 Å². The predicted molar refractivity (Wildman–Crippen MR) is 65.5 cm³/mol. The average Bonchev–Trinajstić information content (AvgIpc) is 2.93. The minimum absolute atomic E-state index is 0.0225. The number of aliphatic carboxylic acids is 1. The maximum absolute atomic E-state index is 11.6. The van der Waals surface area contributed by atoms with Crippen molar-refractivity contribution in [1.29, 1.82) is 0 Å². The minimum atomic E-state index is -0.842. The number of rotatable bonds is 7. The number of carbonyl (C=O) groups excluding carboxylic acids is 1. The molecule has 1 saturated carbocycles. The third kappa shape index (κ3) is 4.36. The topological polar surface area (TPSA) is 66.4 Å². The number of carbonyl (C=O) groups is 2. The van der Waals surface area contributed by atoms with E-state index >= 15 is 0 Å². The highest BCUT2D eigenvalue weighted by Crippen LogP contribution is 2.51. The fraction of sp³-hybridized carbons (Fsp3) is 0.846. The Labute approximate surface area is 103 Å². The molecule has 0 aliphatic heterocycles. The minimum Gasteiger partial charge on any atom is -0.481 e. The fourth-order valence-electron chi connectivity index (χ4n) is 2.15. The zero-order valence-corrected chi connectivity index (χ0v) is 11.0. The molecule has 2 N–H and O–H groups in total. The molecule has 1 atom stereocenters. The monoisotopic (exact) mass is 241 g/mol. The van der Waals surface area contributed by atoms with Crippen molar-refractivity contribution in [2.45, 2.75) is 46.5 Å². The van der Waals surface area contributed by atoms with Crippen LogP contribution in [0.1, 0.15) is 46.5 Å². The molecule has 0 bridgehead atoms. The van der Waals surface area contributed by atoms with Crippen LogP contribution >= 0.6 is 0 Å². The number of nitrogens with one attached hydrogen (secondary N) is 1. The van der Waals surface area contributed by atoms with Gasteiger partial charge in [-0.3, -0.25) is 9.59 Å². The van der Waals surface area contributed by atoms with Gasteiger partial charge in [0.05, 0.1) is 0 Å². The molecule has 1 amide bonds. The summed E-state index contributed by atoms with van der Waals surface area (Å²) < 4.78 is 0. The quantitative estimate of drug-likeness (QED) is 0.716. The van der Waals surface area contributed by atoms with Gasteiger partial charge >= 0.3 is 5.97 Å². The van der Waals surface area contributed by atoms with Crippen LogP contribution in [0, 0.1) is 17.3 Å². The smallest absolute Gasteiger partial charge is 0.303 e. The van der Waals surface area contributed by atoms with Crippen molar-refractivity contribution in [3.05, 3.63) is 0 Å². The molecule has 17 heavy (non-hydrogen) atoms. The molecule has 0 aromatic carbocycles. The molecule has 0 aromatic rings. The first-order chi connectivity index (χ1) is 7.85. The summed E-state index contributed by atoms with van der Waals surface area (Å²) in [6.07, 6.45) is 2.74. The Morgan fingerprint density at radius 2 is 1.82 bits per heavy atom. The summed E-state index contributed by atoms with van der Waals surface area (Å²) in [6, 6.07) is 0. The lowest BCUT2D eigenvalue weighted by Gasteiger charge is -2.20. The van der Waals surface area contributed by atoms with Crippen LogP contribution in [-0.4, -0.2) is 23.5 Å². The second-order valence-electron chi connectivity index (χ2n) is 5.70. The van der Waals surface area contributed by atoms with E-state index in [1.165, 1.54) is 12.8 Å². The molecule has 1 fully saturated rings. The Hall–Kier alpha value is -1.06. The molecule has 1 aliphatic carbocycles. The van der Waals surface area contributed by atoms with Gasteiger partial charge in [-0.05, 0) is 30.1 Å². The summed E-state index contributed by atoms with van der Waals surface area (Å²) in [4.78, 5) is 22.1. The molecule has 1 unspecified atom stereocenters. The number of carboxylic acid groups (broad SMARTS) is 1. The summed E-state index contributed by atoms with van der Waals surface area (Å²) in [5, 5.41) is 11.5. The molecule has 0 aromatic heterocycles. The molecule has 1 rings (SSSR count). The van der Waals surface area contributed by atoms with E-state index in [2.05, 4.69) is 19.2 Å². The first kappa shape index (κ1) is 14.0. The lowest BCUT2D eigenvalue weighted by atomic mass is 9.92. The zero-order chi connectivity index (χ0) is 13.1. The normalized spacial score (nSPS) is 18.8. The first-order valence-electron chi connectivity index (χ1n) is 6.34. The standard InChI is InChI=1S/C13H23NO3/c1-9(2)13(4-5-13)8-14-11(15)6-10(3)7-12(16)17/h9-10H,4-8H2,1-3H3,(H,14,15)(H,16,17). The van der Waals surface area contributed by atoms with E-state index in [-0.39, 0.29) is 18.2 Å². The van der Waals surface area contributed by atoms with Gasteiger partial charge in [0.15, 0.2) is 0 Å². The molecular formula is C13H23NO3. The van der Waals surface area contributed by atoms with Gasteiger partial charge < -0.3 is 10.4 Å². The highest BCUT2D eigenvalue weighted by molar-refractivity contribution is 5.77. The van der Waals surface area contributed by atoms with Gasteiger partial charge in [-0.2, -0.15) is 0 Å². The van der Waals surface area contributed by atoms with Gasteiger partial charge in [-0.25, -0.2) is 0 Å². The Kier molecular flexibility index (Phi) is 4.54. The average molecular weight is 241 g/mol. The summed E-state index contributed by atoms with van der Waals surface area (Å²) in [7, 11) is 0. The molecule has 0 radical (unpaired) electrons. The molecule has 0 saturated heterocycles. The second-order valence-corrected chi connectivity index (χ2v) is 5.70. The summed E-state index contributed by atoms with van der Waals surface area (Å²) in [5.41, 5.74) is 0.311. The van der Waals surface area contributed by atoms with Crippen molar-refractivity contribution in [2.75, 3.05) is 6.54 Å². The summed E-state index contributed by atoms with van der Waals surface area (Å²) in [6.45, 7) is 6.91. The van der Waals surface area contributed by atoms with Crippen LogP contribution in [-0.2, 0) is 9.59 Å². The van der Waals surface area contributed by atoms with Crippen LogP contribution in [0.25, 0.3) is 0 Å². The first-order valence-corrected chi connectivity index (χ1v) is 6.34. The number of amides is 1. The van der Waals surface area contributed by atoms with E-state index in [1.807, 2.05) is 0 Å². The van der Waals surface area contributed by atoms with Crippen LogP contribution in [0.4, 0.5) is 0 Å². The van der Waals surface area contributed by atoms with Crippen molar-refractivity contribution >= 4 is 11.9 Å². The van der Waals surface area contributed by atoms with E-state index in [1.54, 1.807) is 6.92 Å². The Bertz CT molecular complexity index is 295. The summed E-state index contributed by atoms with van der Waals surface area (Å²) >= 11 is 0. The molecule has 98 valence electrons. The molecular weight excluding hydrogens is 218 g/mol. The highest BCUT2D eigenvalue weighted by atomic mass is 16.4. The van der Waals surface area contributed by atoms with Gasteiger partial charge in [0.2, 0.25) is 5.91 Å². The van der Waals surface area contributed by atoms with Gasteiger partial charge in [0.1, 0.15) is 0 Å². The molecule has 1 aliphatic rings. The Morgan fingerprint density at radius 1 is 1.24 bits per heavy atom. The van der Waals surface area contributed by atoms with Crippen molar-refractivity contribution in [3.63, 3.8) is 0 Å². The third-order valence-electron chi connectivity index (χ3n) is 3.81. The molecule has 4 heteroatoms.